The monoisotopic (exact) mass is 579 g/mol. The van der Waals surface area contributed by atoms with Gasteiger partial charge in [0.15, 0.2) is 5.70 Å². The average molecular weight is 580 g/mol. The lowest BCUT2D eigenvalue weighted by Gasteiger charge is -2.53. The first-order valence-corrected chi connectivity index (χ1v) is 14.9. The number of nitro benzene ring substituents is 1. The van der Waals surface area contributed by atoms with Gasteiger partial charge < -0.3 is 15.1 Å². The molecule has 2 saturated heterocycles. The number of carbonyl (C=O) groups excluding carboxylic acids is 2. The highest BCUT2D eigenvalue weighted by Gasteiger charge is 2.67. The maximum Gasteiger partial charge on any atom is 0.354 e. The van der Waals surface area contributed by atoms with Crippen LogP contribution in [-0.2, 0) is 20.1 Å². The summed E-state index contributed by atoms with van der Waals surface area (Å²) < 4.78 is -0.505. The molecule has 10 nitrogen and oxygen atoms in total. The highest BCUT2D eigenvalue weighted by atomic mass is 32.2. The number of aliphatic hydroxyl groups is 1. The summed E-state index contributed by atoms with van der Waals surface area (Å²) >= 11 is 4.05. The zero-order chi connectivity index (χ0) is 27.6. The van der Waals surface area contributed by atoms with Gasteiger partial charge in [-0.15, -0.1) is 30.1 Å². The molecule has 1 aromatic rings. The summed E-state index contributed by atoms with van der Waals surface area (Å²) in [7, 11) is 0. The van der Waals surface area contributed by atoms with Gasteiger partial charge in [-0.2, -0.15) is 0 Å². The Bertz CT molecular complexity index is 1170. The summed E-state index contributed by atoms with van der Waals surface area (Å²) in [5.41, 5.74) is 0.698. The molecule has 3 aliphatic rings. The van der Waals surface area contributed by atoms with Crippen LogP contribution in [0.25, 0.3) is 0 Å². The van der Waals surface area contributed by atoms with Gasteiger partial charge in [-0.1, -0.05) is 30.0 Å². The number of benzene rings is 1. The van der Waals surface area contributed by atoms with Gasteiger partial charge in [0.2, 0.25) is 11.8 Å². The molecule has 2 fully saturated rings. The molecule has 13 heteroatoms. The number of nitro groups is 1. The molecule has 3 aliphatic heterocycles. The molecule has 2 amide bonds. The number of amides is 2. The van der Waals surface area contributed by atoms with E-state index in [-0.39, 0.29) is 34.9 Å². The van der Waals surface area contributed by atoms with Crippen LogP contribution in [0, 0.1) is 10.1 Å². The zero-order valence-electron chi connectivity index (χ0n) is 20.8. The predicted octanol–water partition coefficient (Wildman–Crippen LogP) is 3.81. The second kappa shape index (κ2) is 11.7. The first-order chi connectivity index (χ1) is 18.1. The van der Waals surface area contributed by atoms with E-state index < -0.39 is 27.1 Å². The number of carbonyl (C=O) groups is 3. The van der Waals surface area contributed by atoms with Crippen LogP contribution in [0.15, 0.2) is 46.9 Å². The molecule has 4 atom stereocenters. The third-order valence-electron chi connectivity index (χ3n) is 6.62. The number of rotatable bonds is 12. The van der Waals surface area contributed by atoms with Gasteiger partial charge in [-0.05, 0) is 31.7 Å². The molecule has 2 N–H and O–H groups in total. The largest absolute Gasteiger partial charge is 0.477 e. The van der Waals surface area contributed by atoms with Crippen LogP contribution in [-0.4, -0.2) is 77.3 Å². The summed E-state index contributed by atoms with van der Waals surface area (Å²) in [6.45, 7) is 6.38. The van der Waals surface area contributed by atoms with Gasteiger partial charge in [-0.25, -0.2) is 4.79 Å². The first-order valence-electron chi connectivity index (χ1n) is 12.2. The molecular weight excluding hydrogens is 550 g/mol. The number of non-ortho nitro benzene ring substituents is 1. The number of carboxylic acids is 1. The minimum atomic E-state index is -1.20. The van der Waals surface area contributed by atoms with Crippen molar-refractivity contribution in [1.29, 1.82) is 0 Å². The van der Waals surface area contributed by atoms with Crippen molar-refractivity contribution >= 4 is 58.8 Å². The lowest BCUT2D eigenvalue weighted by atomic mass is 9.90. The summed E-state index contributed by atoms with van der Waals surface area (Å²) in [6, 6.07) is 6.06. The van der Waals surface area contributed by atoms with Crippen molar-refractivity contribution in [1.82, 2.24) is 9.80 Å². The van der Waals surface area contributed by atoms with Crippen LogP contribution in [0.1, 0.15) is 38.2 Å². The summed E-state index contributed by atoms with van der Waals surface area (Å²) in [6.07, 6.45) is 2.84. The highest BCUT2D eigenvalue weighted by molar-refractivity contribution is 8.23. The van der Waals surface area contributed by atoms with Crippen LogP contribution in [0.5, 0.6) is 0 Å². The zero-order valence-corrected chi connectivity index (χ0v) is 23.2. The van der Waals surface area contributed by atoms with Gasteiger partial charge in [0.05, 0.1) is 15.3 Å². The highest BCUT2D eigenvalue weighted by Crippen LogP contribution is 2.61. The van der Waals surface area contributed by atoms with Crippen molar-refractivity contribution in [2.45, 2.75) is 59.8 Å². The molecule has 4 rings (SSSR count). The van der Waals surface area contributed by atoms with E-state index in [1.165, 1.54) is 52.3 Å². The number of nitrogens with zero attached hydrogens (tertiary/aromatic N) is 3. The molecule has 3 heterocycles. The molecule has 1 aromatic carbocycles. The number of aliphatic carboxylic acids is 1. The third kappa shape index (κ3) is 5.61. The van der Waals surface area contributed by atoms with Gasteiger partial charge >= 0.3 is 5.97 Å². The second-order valence-electron chi connectivity index (χ2n) is 9.44. The molecule has 0 saturated carbocycles. The minimum absolute atomic E-state index is 0.00165. The van der Waals surface area contributed by atoms with E-state index in [1.807, 2.05) is 0 Å². The topological polar surface area (TPSA) is 141 Å². The minimum Gasteiger partial charge on any atom is -0.477 e. The van der Waals surface area contributed by atoms with Crippen molar-refractivity contribution in [3.8, 4) is 0 Å². The number of likely N-dealkylation sites (tertiary alicyclic amines) is 1. The molecule has 0 aliphatic carbocycles. The molecule has 0 aromatic heterocycles. The van der Waals surface area contributed by atoms with E-state index in [0.29, 0.717) is 35.9 Å². The Morgan fingerprint density at radius 1 is 1.37 bits per heavy atom. The molecule has 0 spiro atoms. The Morgan fingerprint density at radius 2 is 2.08 bits per heavy atom. The molecule has 204 valence electrons. The Hall–Kier alpha value is -2.48. The van der Waals surface area contributed by atoms with Gasteiger partial charge in [0.25, 0.3) is 5.69 Å². The number of hydrogen-bond acceptors (Lipinski definition) is 9. The fourth-order valence-electron chi connectivity index (χ4n) is 4.85. The Kier molecular flexibility index (Phi) is 8.80. The SMILES string of the molecule is C=CCCC(=O)N1CCC(S[C@]2(CC(C)O)C(=O)N3C(C(=O)O)=C(SCc4ccc([N+](=O)[O-])cc4)S[C@@H]32)C1. The smallest absolute Gasteiger partial charge is 0.354 e. The lowest BCUT2D eigenvalue weighted by Crippen LogP contribution is -2.70. The molecular formula is C25H29N3O7S3. The van der Waals surface area contributed by atoms with E-state index in [2.05, 4.69) is 6.58 Å². The fourth-order valence-corrected chi connectivity index (χ4v) is 9.72. The number of aliphatic hydroxyl groups excluding tert-OH is 1. The summed E-state index contributed by atoms with van der Waals surface area (Å²) in [5, 5.41) is 30.7. The van der Waals surface area contributed by atoms with Crippen molar-refractivity contribution in [2.75, 3.05) is 13.1 Å². The Balaban J connectivity index is 1.49. The first kappa shape index (κ1) is 28.5. The van der Waals surface area contributed by atoms with Crippen LogP contribution in [0.3, 0.4) is 0 Å². The summed E-state index contributed by atoms with van der Waals surface area (Å²) in [4.78, 5) is 51.8. The van der Waals surface area contributed by atoms with E-state index in [0.717, 1.165) is 12.0 Å². The quantitative estimate of drug-likeness (QED) is 0.162. The van der Waals surface area contributed by atoms with Crippen molar-refractivity contribution < 1.29 is 29.5 Å². The standard InChI is InChI=1S/C25H29N3O7S3/c1-3-4-5-19(30)26-11-10-18(13-26)38-25(12-15(2)29)23(33)27-20(21(31)32)22(37-24(25)27)36-14-16-6-8-17(9-7-16)28(34)35/h3,6-9,15,18,24,29H,1,4-5,10-14H2,2H3,(H,31,32)/t15?,18?,24-,25-/m1/s1. The van der Waals surface area contributed by atoms with E-state index in [9.17, 15) is 34.7 Å². The van der Waals surface area contributed by atoms with Crippen LogP contribution < -0.4 is 0 Å². The van der Waals surface area contributed by atoms with Crippen molar-refractivity contribution in [3.63, 3.8) is 0 Å². The van der Waals surface area contributed by atoms with E-state index in [1.54, 1.807) is 30.0 Å². The number of β-lactam (4-membered cyclic amide) rings is 1. The number of carboxylic acid groups (broad SMARTS) is 1. The maximum absolute atomic E-state index is 13.6. The van der Waals surface area contributed by atoms with Crippen LogP contribution >= 0.6 is 35.3 Å². The van der Waals surface area contributed by atoms with Crippen LogP contribution in [0.4, 0.5) is 5.69 Å². The van der Waals surface area contributed by atoms with Gasteiger partial charge in [-0.3, -0.25) is 24.6 Å². The lowest BCUT2D eigenvalue weighted by molar-refractivity contribution is -0.384. The second-order valence-corrected chi connectivity index (χ2v) is 13.4. The molecule has 38 heavy (non-hydrogen) atoms. The fraction of sp³-hybridized carbons (Fsp3) is 0.480. The Morgan fingerprint density at radius 3 is 2.68 bits per heavy atom. The molecule has 2 unspecified atom stereocenters. The van der Waals surface area contributed by atoms with Gasteiger partial charge in [0, 0.05) is 42.6 Å². The van der Waals surface area contributed by atoms with Crippen molar-refractivity contribution in [2.24, 2.45) is 0 Å². The maximum atomic E-state index is 13.6. The average Bonchev–Trinajstić information content (AvgIpc) is 3.49. The van der Waals surface area contributed by atoms with E-state index >= 15 is 0 Å². The number of allylic oxidation sites excluding steroid dienone is 1. The molecule has 0 bridgehead atoms. The predicted molar refractivity (Wildman–Crippen MR) is 148 cm³/mol. The number of thioether (sulfide) groups is 3. The van der Waals surface area contributed by atoms with Crippen molar-refractivity contribution in [3.05, 3.63) is 62.5 Å². The summed E-state index contributed by atoms with van der Waals surface area (Å²) in [5.74, 6) is -1.10. The Labute approximate surface area is 233 Å². The van der Waals surface area contributed by atoms with E-state index in [4.69, 9.17) is 0 Å². The molecule has 0 radical (unpaired) electrons. The van der Waals surface area contributed by atoms with Gasteiger partial charge in [0.1, 0.15) is 10.1 Å². The normalized spacial score (nSPS) is 25.3. The third-order valence-corrected chi connectivity index (χ3v) is 11.3. The number of fused-ring (bicyclic) bond motifs is 1. The number of hydrogen-bond donors (Lipinski definition) is 2. The van der Waals surface area contributed by atoms with Crippen LogP contribution in [0.2, 0.25) is 0 Å².